The summed E-state index contributed by atoms with van der Waals surface area (Å²) in [5.74, 6) is 0.477. The number of sulfonamides is 1. The Kier molecular flexibility index (Phi) is 6.34. The van der Waals surface area contributed by atoms with Crippen LogP contribution in [0.3, 0.4) is 0 Å². The third-order valence-corrected chi connectivity index (χ3v) is 9.41. The van der Waals surface area contributed by atoms with Gasteiger partial charge in [0, 0.05) is 25.8 Å². The fraction of sp³-hybridized carbons (Fsp3) is 0.519. The van der Waals surface area contributed by atoms with Gasteiger partial charge in [-0.05, 0) is 72.1 Å². The van der Waals surface area contributed by atoms with E-state index in [9.17, 15) is 8.42 Å². The Hall–Kier alpha value is -1.98. The highest BCUT2D eigenvalue weighted by atomic mass is 32.2. The highest BCUT2D eigenvalue weighted by Gasteiger charge is 2.48. The maximum atomic E-state index is 13.6. The van der Waals surface area contributed by atoms with Crippen molar-refractivity contribution in [2.45, 2.75) is 63.2 Å². The monoisotopic (exact) mass is 452 g/mol. The molecule has 172 valence electrons. The molecule has 1 saturated heterocycles. The SMILES string of the molecule is CN=C1CC[C@]2(Cc3ccccc3)CN(S(=O)(=O)c3ccc(C(C)(C)C)cc3)CC[C@H]2C1. The molecule has 2 aliphatic rings. The number of piperidine rings is 1. The lowest BCUT2D eigenvalue weighted by atomic mass is 9.60. The number of rotatable bonds is 4. The molecule has 0 radical (unpaired) electrons. The van der Waals surface area contributed by atoms with E-state index in [4.69, 9.17) is 0 Å². The first kappa shape index (κ1) is 23.2. The lowest BCUT2D eigenvalue weighted by molar-refractivity contribution is 0.0532. The van der Waals surface area contributed by atoms with Gasteiger partial charge in [0.25, 0.3) is 0 Å². The summed E-state index contributed by atoms with van der Waals surface area (Å²) in [4.78, 5) is 4.91. The number of hydrogen-bond donors (Lipinski definition) is 0. The quantitative estimate of drug-likeness (QED) is 0.617. The highest BCUT2D eigenvalue weighted by Crippen LogP contribution is 2.48. The standard InChI is InChI=1S/C27H36N2O2S/c1-26(2,3)22-10-12-25(13-11-22)32(30,31)29-17-15-23-18-24(28-4)14-16-27(23,20-29)19-21-8-6-5-7-9-21/h5-13,23H,14-20H2,1-4H3/t23-,27-/m0/s1. The van der Waals surface area contributed by atoms with E-state index in [1.54, 1.807) is 16.4 Å². The third kappa shape index (κ3) is 4.55. The summed E-state index contributed by atoms with van der Waals surface area (Å²) in [6, 6.07) is 18.0. The molecule has 0 amide bonds. The van der Waals surface area contributed by atoms with Gasteiger partial charge in [-0.1, -0.05) is 63.2 Å². The van der Waals surface area contributed by atoms with Crippen LogP contribution < -0.4 is 0 Å². The predicted molar refractivity (Wildman–Crippen MR) is 132 cm³/mol. The molecule has 4 rings (SSSR count). The predicted octanol–water partition coefficient (Wildman–Crippen LogP) is 5.48. The van der Waals surface area contributed by atoms with E-state index in [2.05, 4.69) is 50.0 Å². The Bertz CT molecular complexity index is 1070. The lowest BCUT2D eigenvalue weighted by Gasteiger charge is -2.51. The average molecular weight is 453 g/mol. The van der Waals surface area contributed by atoms with E-state index in [0.29, 0.717) is 23.9 Å². The number of benzene rings is 2. The maximum Gasteiger partial charge on any atom is 0.243 e. The minimum absolute atomic E-state index is 0.00101. The summed E-state index contributed by atoms with van der Waals surface area (Å²) in [6.45, 7) is 7.61. The van der Waals surface area contributed by atoms with Crippen molar-refractivity contribution in [3.05, 3.63) is 65.7 Å². The minimum atomic E-state index is -3.52. The zero-order valence-electron chi connectivity index (χ0n) is 19.8. The van der Waals surface area contributed by atoms with Gasteiger partial charge in [-0.2, -0.15) is 4.31 Å². The van der Waals surface area contributed by atoms with Crippen molar-refractivity contribution >= 4 is 15.7 Å². The number of fused-ring (bicyclic) bond motifs is 1. The first-order chi connectivity index (χ1) is 15.1. The fourth-order valence-corrected chi connectivity index (χ4v) is 7.07. The van der Waals surface area contributed by atoms with Crippen LogP contribution in [0.4, 0.5) is 0 Å². The second kappa shape index (κ2) is 8.75. The molecule has 0 N–H and O–H groups in total. The summed E-state index contributed by atoms with van der Waals surface area (Å²) >= 11 is 0. The molecule has 2 aromatic carbocycles. The molecule has 2 aromatic rings. The first-order valence-corrected chi connectivity index (χ1v) is 13.2. The van der Waals surface area contributed by atoms with Crippen molar-refractivity contribution in [1.82, 2.24) is 4.31 Å². The molecule has 0 unspecified atom stereocenters. The van der Waals surface area contributed by atoms with Gasteiger partial charge >= 0.3 is 0 Å². The largest absolute Gasteiger partial charge is 0.297 e. The molecule has 2 fully saturated rings. The van der Waals surface area contributed by atoms with Crippen molar-refractivity contribution in [3.8, 4) is 0 Å². The van der Waals surface area contributed by atoms with Crippen molar-refractivity contribution in [1.29, 1.82) is 0 Å². The molecule has 0 aromatic heterocycles. The molecule has 1 saturated carbocycles. The fourth-order valence-electron chi connectivity index (χ4n) is 5.52. The van der Waals surface area contributed by atoms with Crippen LogP contribution in [0.1, 0.15) is 57.6 Å². The molecule has 1 heterocycles. The molecule has 0 spiro atoms. The average Bonchev–Trinajstić information content (AvgIpc) is 2.78. The summed E-state index contributed by atoms with van der Waals surface area (Å²) in [7, 11) is -1.63. The molecular formula is C27H36N2O2S. The molecule has 0 bridgehead atoms. The van der Waals surface area contributed by atoms with Crippen LogP contribution in [0.15, 0.2) is 64.5 Å². The molecule has 1 aliphatic heterocycles. The smallest absolute Gasteiger partial charge is 0.243 e. The minimum Gasteiger partial charge on any atom is -0.297 e. The van der Waals surface area contributed by atoms with Gasteiger partial charge in [0.15, 0.2) is 0 Å². The van der Waals surface area contributed by atoms with Crippen molar-refractivity contribution in [2.75, 3.05) is 20.1 Å². The van der Waals surface area contributed by atoms with Crippen molar-refractivity contribution < 1.29 is 8.42 Å². The van der Waals surface area contributed by atoms with Crippen LogP contribution in [-0.2, 0) is 21.9 Å². The first-order valence-electron chi connectivity index (χ1n) is 11.7. The molecule has 5 heteroatoms. The zero-order valence-corrected chi connectivity index (χ0v) is 20.7. The molecule has 32 heavy (non-hydrogen) atoms. The van der Waals surface area contributed by atoms with E-state index in [0.717, 1.165) is 37.7 Å². The van der Waals surface area contributed by atoms with Gasteiger partial charge in [-0.25, -0.2) is 8.42 Å². The van der Waals surface area contributed by atoms with E-state index < -0.39 is 10.0 Å². The summed E-state index contributed by atoms with van der Waals surface area (Å²) in [5.41, 5.74) is 3.69. The van der Waals surface area contributed by atoms with Crippen LogP contribution in [0.25, 0.3) is 0 Å². The number of nitrogens with zero attached hydrogens (tertiary/aromatic N) is 2. The topological polar surface area (TPSA) is 49.7 Å². The van der Waals surface area contributed by atoms with Crippen molar-refractivity contribution in [3.63, 3.8) is 0 Å². The van der Waals surface area contributed by atoms with E-state index >= 15 is 0 Å². The van der Waals surface area contributed by atoms with Gasteiger partial charge in [-0.3, -0.25) is 4.99 Å². The lowest BCUT2D eigenvalue weighted by Crippen LogP contribution is -2.54. The Morgan fingerprint density at radius 3 is 2.38 bits per heavy atom. The van der Waals surface area contributed by atoms with Crippen LogP contribution in [0.5, 0.6) is 0 Å². The normalized spacial score (nSPS) is 26.1. The Balaban J connectivity index is 1.63. The van der Waals surface area contributed by atoms with E-state index in [1.807, 2.05) is 25.2 Å². The zero-order chi connectivity index (χ0) is 23.0. The Labute approximate surface area is 193 Å². The Morgan fingerprint density at radius 1 is 1.06 bits per heavy atom. The van der Waals surface area contributed by atoms with Crippen LogP contribution >= 0.6 is 0 Å². The summed E-state index contributed by atoms with van der Waals surface area (Å²) < 4.78 is 29.0. The molecule has 2 atom stereocenters. The molecular weight excluding hydrogens is 416 g/mol. The molecule has 1 aliphatic carbocycles. The summed E-state index contributed by atoms with van der Waals surface area (Å²) in [6.07, 6.45) is 4.77. The summed E-state index contributed by atoms with van der Waals surface area (Å²) in [5, 5.41) is 0. The Morgan fingerprint density at radius 2 is 1.75 bits per heavy atom. The van der Waals surface area contributed by atoms with Gasteiger partial charge in [0.2, 0.25) is 10.0 Å². The van der Waals surface area contributed by atoms with Crippen LogP contribution in [0, 0.1) is 11.3 Å². The van der Waals surface area contributed by atoms with Crippen LogP contribution in [0.2, 0.25) is 0 Å². The van der Waals surface area contributed by atoms with Crippen molar-refractivity contribution in [2.24, 2.45) is 16.3 Å². The van der Waals surface area contributed by atoms with Crippen LogP contribution in [-0.4, -0.2) is 38.6 Å². The maximum absolute atomic E-state index is 13.6. The molecule has 4 nitrogen and oxygen atoms in total. The number of aliphatic imine (C=N–C) groups is 1. The van der Waals surface area contributed by atoms with E-state index in [-0.39, 0.29) is 10.8 Å². The second-order valence-corrected chi connectivity index (χ2v) is 12.6. The van der Waals surface area contributed by atoms with E-state index in [1.165, 1.54) is 11.3 Å². The van der Waals surface area contributed by atoms with Gasteiger partial charge in [0.05, 0.1) is 4.90 Å². The third-order valence-electron chi connectivity index (χ3n) is 7.55. The second-order valence-electron chi connectivity index (χ2n) is 10.6. The van der Waals surface area contributed by atoms with Gasteiger partial charge in [-0.15, -0.1) is 0 Å². The number of hydrogen-bond acceptors (Lipinski definition) is 3. The highest BCUT2D eigenvalue weighted by molar-refractivity contribution is 7.89. The van der Waals surface area contributed by atoms with Gasteiger partial charge < -0.3 is 0 Å². The van der Waals surface area contributed by atoms with Gasteiger partial charge in [0.1, 0.15) is 0 Å².